The lowest BCUT2D eigenvalue weighted by Gasteiger charge is -2.26. The van der Waals surface area contributed by atoms with Gasteiger partial charge in [-0.05, 0) is 25.1 Å². The van der Waals surface area contributed by atoms with Crippen LogP contribution in [0, 0.1) is 0 Å². The predicted octanol–water partition coefficient (Wildman–Crippen LogP) is 1.77. The lowest BCUT2D eigenvalue weighted by molar-refractivity contribution is 0.0340. The van der Waals surface area contributed by atoms with Crippen molar-refractivity contribution in [3.63, 3.8) is 0 Å². The van der Waals surface area contributed by atoms with Gasteiger partial charge in [0.1, 0.15) is 0 Å². The van der Waals surface area contributed by atoms with Gasteiger partial charge in [-0.15, -0.1) is 0 Å². The minimum absolute atomic E-state index is 0.0850. The first-order valence-electron chi connectivity index (χ1n) is 7.88. The lowest BCUT2D eigenvalue weighted by Crippen LogP contribution is -2.37. The fraction of sp³-hybridized carbons (Fsp3) is 0.471. The zero-order chi connectivity index (χ0) is 16.2. The van der Waals surface area contributed by atoms with E-state index in [-0.39, 0.29) is 5.56 Å². The quantitative estimate of drug-likeness (QED) is 0.910. The summed E-state index contributed by atoms with van der Waals surface area (Å²) in [4.78, 5) is 17.6. The third kappa shape index (κ3) is 3.33. The third-order valence-electron chi connectivity index (χ3n) is 4.02. The first-order valence-corrected chi connectivity index (χ1v) is 7.88. The van der Waals surface area contributed by atoms with E-state index < -0.39 is 0 Å². The van der Waals surface area contributed by atoms with Crippen LogP contribution in [0.15, 0.2) is 23.0 Å². The van der Waals surface area contributed by atoms with Crippen LogP contribution in [0.3, 0.4) is 0 Å². The van der Waals surface area contributed by atoms with E-state index in [1.165, 1.54) is 0 Å². The van der Waals surface area contributed by atoms with Gasteiger partial charge in [0.05, 0.1) is 32.4 Å². The topological polar surface area (TPSA) is 63.8 Å². The fourth-order valence-electron chi connectivity index (χ4n) is 2.84. The number of aromatic amines is 1. The van der Waals surface area contributed by atoms with Crippen LogP contribution < -0.4 is 15.0 Å². The number of aromatic nitrogens is 1. The molecular weight excluding hydrogens is 296 g/mol. The van der Waals surface area contributed by atoms with Crippen LogP contribution in [-0.4, -0.2) is 49.9 Å². The molecule has 6 heteroatoms. The highest BCUT2D eigenvalue weighted by Gasteiger charge is 2.16. The van der Waals surface area contributed by atoms with Crippen LogP contribution in [0.2, 0.25) is 0 Å². The summed E-state index contributed by atoms with van der Waals surface area (Å²) in [6, 6.07) is 5.74. The molecule has 1 aromatic carbocycles. The Balaban J connectivity index is 1.99. The summed E-state index contributed by atoms with van der Waals surface area (Å²) in [5.74, 6) is 1.21. The molecule has 1 aromatic heterocycles. The molecule has 1 N–H and O–H groups in total. The lowest BCUT2D eigenvalue weighted by atomic mass is 10.1. The van der Waals surface area contributed by atoms with E-state index in [1.807, 2.05) is 25.1 Å². The van der Waals surface area contributed by atoms with Crippen LogP contribution in [0.1, 0.15) is 12.5 Å². The molecule has 3 rings (SSSR count). The molecule has 0 saturated carbocycles. The molecule has 0 atom stereocenters. The Morgan fingerprint density at radius 2 is 2.09 bits per heavy atom. The second kappa shape index (κ2) is 7.02. The number of pyridine rings is 1. The van der Waals surface area contributed by atoms with Crippen LogP contribution in [0.25, 0.3) is 10.9 Å². The molecule has 124 valence electrons. The number of methoxy groups -OCH3 is 1. The number of nitrogens with zero attached hydrogens (tertiary/aromatic N) is 1. The first kappa shape index (κ1) is 15.8. The molecule has 1 saturated heterocycles. The van der Waals surface area contributed by atoms with E-state index in [0.717, 1.165) is 37.3 Å². The van der Waals surface area contributed by atoms with E-state index in [1.54, 1.807) is 7.11 Å². The zero-order valence-corrected chi connectivity index (χ0v) is 13.6. The number of nitrogens with one attached hydrogen (secondary N) is 1. The molecule has 1 fully saturated rings. The third-order valence-corrected chi connectivity index (χ3v) is 4.02. The largest absolute Gasteiger partial charge is 0.493 e. The summed E-state index contributed by atoms with van der Waals surface area (Å²) in [7, 11) is 1.59. The Bertz CT molecular complexity index is 735. The summed E-state index contributed by atoms with van der Waals surface area (Å²) in [6.45, 7) is 6.18. The van der Waals surface area contributed by atoms with Crippen LogP contribution in [-0.2, 0) is 11.3 Å². The average Bonchev–Trinajstić information content (AvgIpc) is 2.57. The van der Waals surface area contributed by atoms with Crippen molar-refractivity contribution in [2.45, 2.75) is 13.5 Å². The average molecular weight is 318 g/mol. The second-order valence-corrected chi connectivity index (χ2v) is 5.51. The number of morpholine rings is 1. The summed E-state index contributed by atoms with van der Waals surface area (Å²) in [6.07, 6.45) is 0. The van der Waals surface area contributed by atoms with Crippen LogP contribution in [0.5, 0.6) is 11.5 Å². The van der Waals surface area contributed by atoms with Gasteiger partial charge in [-0.2, -0.15) is 0 Å². The molecule has 0 bridgehead atoms. The second-order valence-electron chi connectivity index (χ2n) is 5.51. The predicted molar refractivity (Wildman–Crippen MR) is 88.4 cm³/mol. The van der Waals surface area contributed by atoms with Gasteiger partial charge in [-0.25, -0.2) is 0 Å². The summed E-state index contributed by atoms with van der Waals surface area (Å²) >= 11 is 0. The van der Waals surface area contributed by atoms with Crippen molar-refractivity contribution in [3.8, 4) is 11.5 Å². The number of fused-ring (bicyclic) bond motifs is 1. The molecular formula is C17H22N2O4. The van der Waals surface area contributed by atoms with E-state index in [4.69, 9.17) is 14.2 Å². The zero-order valence-electron chi connectivity index (χ0n) is 13.6. The van der Waals surface area contributed by atoms with E-state index >= 15 is 0 Å². The van der Waals surface area contributed by atoms with Crippen LogP contribution in [0.4, 0.5) is 0 Å². The molecule has 1 aliphatic heterocycles. The van der Waals surface area contributed by atoms with Gasteiger partial charge in [0.25, 0.3) is 5.56 Å². The molecule has 1 aliphatic rings. The van der Waals surface area contributed by atoms with Crippen molar-refractivity contribution < 1.29 is 14.2 Å². The molecule has 0 amide bonds. The molecule has 0 spiro atoms. The minimum Gasteiger partial charge on any atom is -0.493 e. The number of hydrogen-bond acceptors (Lipinski definition) is 5. The summed E-state index contributed by atoms with van der Waals surface area (Å²) in [5.41, 5.74) is 1.35. The molecule has 0 aliphatic carbocycles. The monoisotopic (exact) mass is 318 g/mol. The maximum Gasteiger partial charge on any atom is 0.253 e. The van der Waals surface area contributed by atoms with Gasteiger partial charge in [-0.1, -0.05) is 0 Å². The van der Waals surface area contributed by atoms with E-state index in [0.29, 0.717) is 30.2 Å². The van der Waals surface area contributed by atoms with Gasteiger partial charge >= 0.3 is 0 Å². The van der Waals surface area contributed by atoms with Crippen molar-refractivity contribution in [2.75, 3.05) is 40.0 Å². The standard InChI is InChI=1S/C17H22N2O4/c1-3-23-16-14(21-2)5-4-12-10-13(17(20)18-15(12)16)11-19-6-8-22-9-7-19/h4-5,10H,3,6-9,11H2,1-2H3,(H,18,20). The number of rotatable bonds is 5. The van der Waals surface area contributed by atoms with Crippen molar-refractivity contribution in [2.24, 2.45) is 0 Å². The Hall–Kier alpha value is -2.05. The van der Waals surface area contributed by atoms with Gasteiger partial charge in [0.15, 0.2) is 11.5 Å². The van der Waals surface area contributed by atoms with Crippen molar-refractivity contribution >= 4 is 10.9 Å². The molecule has 0 radical (unpaired) electrons. The van der Waals surface area contributed by atoms with Gasteiger partial charge in [0, 0.05) is 30.6 Å². The van der Waals surface area contributed by atoms with Gasteiger partial charge in [0.2, 0.25) is 0 Å². The smallest absolute Gasteiger partial charge is 0.253 e. The van der Waals surface area contributed by atoms with Crippen molar-refractivity contribution in [1.29, 1.82) is 0 Å². The maximum absolute atomic E-state index is 12.5. The minimum atomic E-state index is -0.0850. The molecule has 0 unspecified atom stereocenters. The normalized spacial score (nSPS) is 15.7. The summed E-state index contributed by atoms with van der Waals surface area (Å²) in [5, 5.41) is 0.942. The van der Waals surface area contributed by atoms with Gasteiger partial charge in [-0.3, -0.25) is 9.69 Å². The maximum atomic E-state index is 12.5. The number of hydrogen-bond donors (Lipinski definition) is 1. The summed E-state index contributed by atoms with van der Waals surface area (Å²) < 4.78 is 16.3. The van der Waals surface area contributed by atoms with Gasteiger partial charge < -0.3 is 19.2 Å². The van der Waals surface area contributed by atoms with E-state index in [9.17, 15) is 4.79 Å². The number of ether oxygens (including phenoxy) is 3. The van der Waals surface area contributed by atoms with Crippen LogP contribution >= 0.6 is 0 Å². The Morgan fingerprint density at radius 3 is 2.78 bits per heavy atom. The SMILES string of the molecule is CCOc1c(OC)ccc2cc(CN3CCOCC3)c(=O)[nH]c12. The Kier molecular flexibility index (Phi) is 4.83. The fourth-order valence-corrected chi connectivity index (χ4v) is 2.84. The molecule has 23 heavy (non-hydrogen) atoms. The molecule has 2 heterocycles. The Morgan fingerprint density at radius 1 is 1.30 bits per heavy atom. The van der Waals surface area contributed by atoms with Crippen molar-refractivity contribution in [3.05, 3.63) is 34.1 Å². The number of benzene rings is 1. The van der Waals surface area contributed by atoms with E-state index in [2.05, 4.69) is 9.88 Å². The van der Waals surface area contributed by atoms with Crippen molar-refractivity contribution in [1.82, 2.24) is 9.88 Å². The Labute approximate surface area is 135 Å². The highest BCUT2D eigenvalue weighted by molar-refractivity contribution is 5.87. The number of H-pyrrole nitrogens is 1. The highest BCUT2D eigenvalue weighted by atomic mass is 16.5. The first-order chi connectivity index (χ1) is 11.2. The molecule has 6 nitrogen and oxygen atoms in total. The molecule has 2 aromatic rings. The highest BCUT2D eigenvalue weighted by Crippen LogP contribution is 2.34.